The van der Waals surface area contributed by atoms with E-state index < -0.39 is 5.91 Å². The maximum Gasteiger partial charge on any atom is 0.290 e. The summed E-state index contributed by atoms with van der Waals surface area (Å²) >= 11 is 0. The number of rotatable bonds is 1. The first-order chi connectivity index (χ1) is 8.59. The lowest BCUT2D eigenvalue weighted by molar-refractivity contribution is 0.0995. The zero-order chi connectivity index (χ0) is 12.9. The highest BCUT2D eigenvalue weighted by atomic mass is 16.1. The van der Waals surface area contributed by atoms with E-state index in [2.05, 4.69) is 10.1 Å². The van der Waals surface area contributed by atoms with Gasteiger partial charge in [0.2, 0.25) is 0 Å². The Morgan fingerprint density at radius 3 is 2.83 bits per heavy atom. The average Bonchev–Trinajstić information content (AvgIpc) is 2.73. The second kappa shape index (κ2) is 3.43. The molecule has 0 fully saturated rings. The van der Waals surface area contributed by atoms with Crippen molar-refractivity contribution in [3.05, 3.63) is 40.3 Å². The minimum Gasteiger partial charge on any atom is -0.364 e. The highest BCUT2D eigenvalue weighted by Crippen LogP contribution is 2.24. The van der Waals surface area contributed by atoms with Crippen LogP contribution < -0.4 is 11.3 Å². The number of hydrogen-bond acceptors (Lipinski definition) is 3. The van der Waals surface area contributed by atoms with E-state index in [0.29, 0.717) is 10.9 Å². The fourth-order valence-electron chi connectivity index (χ4n) is 2.13. The average molecular weight is 242 g/mol. The number of para-hydroxylation sites is 1. The predicted molar refractivity (Wildman–Crippen MR) is 67.4 cm³/mol. The molecule has 2 heterocycles. The third kappa shape index (κ3) is 1.26. The summed E-state index contributed by atoms with van der Waals surface area (Å²) in [6.07, 6.45) is 0. The molecular weight excluding hydrogens is 232 g/mol. The van der Waals surface area contributed by atoms with Crippen LogP contribution >= 0.6 is 0 Å². The number of aromatic nitrogens is 3. The normalized spacial score (nSPS) is 11.2. The summed E-state index contributed by atoms with van der Waals surface area (Å²) in [6, 6.07) is 7.33. The Labute approximate surface area is 101 Å². The molecule has 0 radical (unpaired) electrons. The molecule has 0 aliphatic heterocycles. The smallest absolute Gasteiger partial charge is 0.290 e. The lowest BCUT2D eigenvalue weighted by Crippen LogP contribution is -2.25. The Morgan fingerprint density at radius 1 is 1.39 bits per heavy atom. The van der Waals surface area contributed by atoms with E-state index in [-0.39, 0.29) is 11.3 Å². The molecule has 0 aliphatic carbocycles. The Morgan fingerprint density at radius 2 is 2.11 bits per heavy atom. The number of aryl methyl sites for hydroxylation is 1. The molecule has 3 N–H and O–H groups in total. The van der Waals surface area contributed by atoms with Gasteiger partial charge in [0.15, 0.2) is 5.69 Å². The van der Waals surface area contributed by atoms with Gasteiger partial charge in [-0.3, -0.25) is 9.59 Å². The van der Waals surface area contributed by atoms with Crippen LogP contribution in [0.5, 0.6) is 0 Å². The van der Waals surface area contributed by atoms with Crippen molar-refractivity contribution >= 4 is 27.7 Å². The highest BCUT2D eigenvalue weighted by Gasteiger charge is 2.17. The second-order valence-electron chi connectivity index (χ2n) is 4.06. The van der Waals surface area contributed by atoms with Gasteiger partial charge in [-0.05, 0) is 6.07 Å². The van der Waals surface area contributed by atoms with Gasteiger partial charge < -0.3 is 10.7 Å². The number of H-pyrrole nitrogens is 1. The van der Waals surface area contributed by atoms with E-state index >= 15 is 0 Å². The topological polar surface area (TPSA) is 93.8 Å². The predicted octanol–water partition coefficient (Wildman–Crippen LogP) is 0.514. The number of nitrogens with one attached hydrogen (secondary N) is 1. The molecule has 0 spiro atoms. The summed E-state index contributed by atoms with van der Waals surface area (Å²) in [7, 11) is 1.49. The van der Waals surface area contributed by atoms with Crippen molar-refractivity contribution in [2.75, 3.05) is 0 Å². The van der Waals surface area contributed by atoms with Crippen molar-refractivity contribution < 1.29 is 4.79 Å². The first-order valence-corrected chi connectivity index (χ1v) is 5.37. The van der Waals surface area contributed by atoms with Crippen LogP contribution in [0.15, 0.2) is 29.1 Å². The monoisotopic (exact) mass is 242 g/mol. The molecule has 0 aliphatic rings. The Kier molecular flexibility index (Phi) is 2.00. The van der Waals surface area contributed by atoms with Crippen LogP contribution in [0.3, 0.4) is 0 Å². The third-order valence-corrected chi connectivity index (χ3v) is 2.93. The van der Waals surface area contributed by atoms with Crippen LogP contribution in [0.25, 0.3) is 21.8 Å². The SMILES string of the molecule is Cn1nc(C(N)=O)c2c([nH]c3ccccc32)c1=O. The van der Waals surface area contributed by atoms with Gasteiger partial charge in [-0.25, -0.2) is 4.68 Å². The molecule has 90 valence electrons. The maximum absolute atomic E-state index is 12.0. The number of benzene rings is 1. The molecular formula is C12H10N4O2. The van der Waals surface area contributed by atoms with Crippen molar-refractivity contribution in [2.24, 2.45) is 12.8 Å². The summed E-state index contributed by atoms with van der Waals surface area (Å²) in [4.78, 5) is 26.4. The fraction of sp³-hybridized carbons (Fsp3) is 0.0833. The molecule has 6 nitrogen and oxygen atoms in total. The number of hydrogen-bond donors (Lipinski definition) is 2. The van der Waals surface area contributed by atoms with Crippen LogP contribution in [-0.2, 0) is 7.05 Å². The number of carbonyl (C=O) groups excluding carboxylic acids is 1. The van der Waals surface area contributed by atoms with E-state index in [1.807, 2.05) is 24.3 Å². The largest absolute Gasteiger partial charge is 0.364 e. The van der Waals surface area contributed by atoms with Crippen LogP contribution in [-0.4, -0.2) is 20.7 Å². The van der Waals surface area contributed by atoms with Gasteiger partial charge in [0.05, 0.1) is 0 Å². The van der Waals surface area contributed by atoms with Crippen LogP contribution in [0.2, 0.25) is 0 Å². The molecule has 1 amide bonds. The first-order valence-electron chi connectivity index (χ1n) is 5.37. The fourth-order valence-corrected chi connectivity index (χ4v) is 2.13. The number of carbonyl (C=O) groups is 1. The molecule has 3 aromatic rings. The molecule has 18 heavy (non-hydrogen) atoms. The van der Waals surface area contributed by atoms with E-state index in [0.717, 1.165) is 15.6 Å². The number of fused-ring (bicyclic) bond motifs is 3. The van der Waals surface area contributed by atoms with Crippen LogP contribution in [0, 0.1) is 0 Å². The number of primary amides is 1. The summed E-state index contributed by atoms with van der Waals surface area (Å²) < 4.78 is 1.11. The lowest BCUT2D eigenvalue weighted by atomic mass is 10.1. The molecule has 0 unspecified atom stereocenters. The third-order valence-electron chi connectivity index (χ3n) is 2.93. The van der Waals surface area contributed by atoms with Crippen LogP contribution in [0.1, 0.15) is 10.5 Å². The Balaban J connectivity index is 2.67. The van der Waals surface area contributed by atoms with Gasteiger partial charge in [0.1, 0.15) is 5.52 Å². The number of nitrogens with two attached hydrogens (primary N) is 1. The standard InChI is InChI=1S/C12H10N4O2/c1-16-12(18)10-8(9(15-16)11(13)17)6-4-2-3-5-7(6)14-10/h2-5,14H,1H3,(H2,13,17). The van der Waals surface area contributed by atoms with Gasteiger partial charge >= 0.3 is 0 Å². The quantitative estimate of drug-likeness (QED) is 0.651. The van der Waals surface area contributed by atoms with Crippen molar-refractivity contribution in [1.29, 1.82) is 0 Å². The summed E-state index contributed by atoms with van der Waals surface area (Å²) in [5, 5.41) is 5.19. The van der Waals surface area contributed by atoms with Crippen molar-refractivity contribution in [3.8, 4) is 0 Å². The van der Waals surface area contributed by atoms with Crippen LogP contribution in [0.4, 0.5) is 0 Å². The maximum atomic E-state index is 12.0. The molecule has 1 aromatic carbocycles. The summed E-state index contributed by atoms with van der Waals surface area (Å²) in [5.41, 5.74) is 6.26. The minimum atomic E-state index is -0.652. The highest BCUT2D eigenvalue weighted by molar-refractivity contribution is 6.15. The molecule has 3 rings (SSSR count). The molecule has 0 saturated heterocycles. The zero-order valence-electron chi connectivity index (χ0n) is 9.60. The van der Waals surface area contributed by atoms with Crippen molar-refractivity contribution in [1.82, 2.24) is 14.8 Å². The van der Waals surface area contributed by atoms with E-state index in [9.17, 15) is 9.59 Å². The molecule has 0 bridgehead atoms. The van der Waals surface area contributed by atoms with Crippen molar-refractivity contribution in [3.63, 3.8) is 0 Å². The number of nitrogens with zero attached hydrogens (tertiary/aromatic N) is 2. The second-order valence-corrected chi connectivity index (χ2v) is 4.06. The van der Waals surface area contributed by atoms with Crippen molar-refractivity contribution in [2.45, 2.75) is 0 Å². The van der Waals surface area contributed by atoms with Gasteiger partial charge in [0, 0.05) is 23.3 Å². The Bertz CT molecular complexity index is 844. The Hall–Kier alpha value is -2.63. The van der Waals surface area contributed by atoms with E-state index in [4.69, 9.17) is 5.73 Å². The van der Waals surface area contributed by atoms with Gasteiger partial charge in [0.25, 0.3) is 11.5 Å². The number of aromatic amines is 1. The minimum absolute atomic E-state index is 0.101. The zero-order valence-corrected chi connectivity index (χ0v) is 9.60. The molecule has 0 saturated carbocycles. The van der Waals surface area contributed by atoms with Gasteiger partial charge in [-0.2, -0.15) is 5.10 Å². The molecule has 0 atom stereocenters. The van der Waals surface area contributed by atoms with E-state index in [1.165, 1.54) is 7.05 Å². The summed E-state index contributed by atoms with van der Waals surface area (Å²) in [6.45, 7) is 0. The van der Waals surface area contributed by atoms with Gasteiger partial charge in [-0.1, -0.05) is 18.2 Å². The van der Waals surface area contributed by atoms with Gasteiger partial charge in [-0.15, -0.1) is 0 Å². The molecule has 2 aromatic heterocycles. The van der Waals surface area contributed by atoms with E-state index in [1.54, 1.807) is 0 Å². The summed E-state index contributed by atoms with van der Waals surface area (Å²) in [5.74, 6) is -0.652. The molecule has 6 heteroatoms. The lowest BCUT2D eigenvalue weighted by Gasteiger charge is -2.01. The number of amides is 1. The first kappa shape index (κ1) is 10.5.